The number of fused-ring (bicyclic) bond motifs is 2. The second kappa shape index (κ2) is 9.98. The van der Waals surface area contributed by atoms with Crippen molar-refractivity contribution in [3.8, 4) is 10.6 Å². The number of thiophene rings is 1. The Morgan fingerprint density at radius 1 is 0.971 bits per heavy atom. The van der Waals surface area contributed by atoms with Crippen LogP contribution >= 0.6 is 22.7 Å². The Labute approximate surface area is 207 Å². The number of hydrogen-bond acceptors (Lipinski definition) is 6. The van der Waals surface area contributed by atoms with E-state index < -0.39 is 9.84 Å². The van der Waals surface area contributed by atoms with E-state index >= 15 is 0 Å². The summed E-state index contributed by atoms with van der Waals surface area (Å²) in [6.07, 6.45) is 4.84. The van der Waals surface area contributed by atoms with Crippen molar-refractivity contribution in [1.29, 1.82) is 0 Å². The molecule has 0 radical (unpaired) electrons. The van der Waals surface area contributed by atoms with Crippen molar-refractivity contribution in [3.63, 3.8) is 0 Å². The smallest absolute Gasteiger partial charge is 0.225 e. The van der Waals surface area contributed by atoms with Gasteiger partial charge in [0.15, 0.2) is 9.84 Å². The number of rotatable bonds is 8. The summed E-state index contributed by atoms with van der Waals surface area (Å²) in [5.41, 5.74) is 4.12. The summed E-state index contributed by atoms with van der Waals surface area (Å²) in [5, 5.41) is 4.89. The van der Waals surface area contributed by atoms with E-state index in [1.54, 1.807) is 22.7 Å². The summed E-state index contributed by atoms with van der Waals surface area (Å²) in [4.78, 5) is 19.0. The molecule has 34 heavy (non-hydrogen) atoms. The number of aryl methyl sites for hydroxylation is 1. The van der Waals surface area contributed by atoms with Crippen LogP contribution in [0.3, 0.4) is 0 Å². The summed E-state index contributed by atoms with van der Waals surface area (Å²) >= 11 is 3.31. The number of nitrogens with one attached hydrogen (secondary N) is 1. The highest BCUT2D eigenvalue weighted by Gasteiger charge is 2.25. The van der Waals surface area contributed by atoms with Gasteiger partial charge in [-0.05, 0) is 55.4 Å². The van der Waals surface area contributed by atoms with Gasteiger partial charge in [-0.25, -0.2) is 13.4 Å². The van der Waals surface area contributed by atoms with Gasteiger partial charge in [0.1, 0.15) is 10.0 Å². The Morgan fingerprint density at radius 3 is 2.56 bits per heavy atom. The van der Waals surface area contributed by atoms with Crippen molar-refractivity contribution in [2.45, 2.75) is 44.3 Å². The molecule has 0 bridgehead atoms. The molecule has 0 spiro atoms. The van der Waals surface area contributed by atoms with Gasteiger partial charge in [0.25, 0.3) is 0 Å². The molecule has 1 amide bonds. The minimum absolute atomic E-state index is 0.000974. The Morgan fingerprint density at radius 2 is 1.74 bits per heavy atom. The molecule has 0 saturated heterocycles. The van der Waals surface area contributed by atoms with Crippen LogP contribution < -0.4 is 5.32 Å². The number of thiazole rings is 1. The molecule has 2 aromatic heterocycles. The highest BCUT2D eigenvalue weighted by Crippen LogP contribution is 2.46. The number of sulfone groups is 1. The normalized spacial score (nSPS) is 13.6. The Hall–Kier alpha value is -2.55. The Bertz CT molecular complexity index is 1390. The molecule has 1 aliphatic rings. The second-order valence-corrected chi connectivity index (χ2v) is 13.0. The average Bonchev–Trinajstić information content (AvgIpc) is 3.39. The van der Waals surface area contributed by atoms with E-state index in [-0.39, 0.29) is 23.8 Å². The first-order chi connectivity index (χ1) is 16.5. The number of hydrogen-bond donors (Lipinski definition) is 1. The number of anilines is 1. The molecule has 0 unspecified atom stereocenters. The van der Waals surface area contributed by atoms with Crippen molar-refractivity contribution in [2.75, 3.05) is 11.1 Å². The topological polar surface area (TPSA) is 76.1 Å². The quantitative estimate of drug-likeness (QED) is 0.305. The summed E-state index contributed by atoms with van der Waals surface area (Å²) in [6, 6.07) is 17.3. The van der Waals surface area contributed by atoms with E-state index in [9.17, 15) is 13.2 Å². The highest BCUT2D eigenvalue weighted by molar-refractivity contribution is 7.90. The molecule has 0 atom stereocenters. The first-order valence-electron chi connectivity index (χ1n) is 11.5. The molecule has 5 rings (SSSR count). The lowest BCUT2D eigenvalue weighted by molar-refractivity contribution is -0.116. The molecule has 2 heterocycles. The van der Waals surface area contributed by atoms with E-state index in [4.69, 9.17) is 4.98 Å². The molecule has 1 N–H and O–H groups in total. The van der Waals surface area contributed by atoms with Crippen LogP contribution in [-0.4, -0.2) is 25.1 Å². The van der Waals surface area contributed by atoms with Gasteiger partial charge in [0, 0.05) is 16.9 Å². The van der Waals surface area contributed by atoms with Crippen LogP contribution in [0.4, 0.5) is 5.00 Å². The predicted molar refractivity (Wildman–Crippen MR) is 141 cm³/mol. The zero-order valence-corrected chi connectivity index (χ0v) is 21.2. The van der Waals surface area contributed by atoms with E-state index in [1.165, 1.54) is 16.9 Å². The summed E-state index contributed by atoms with van der Waals surface area (Å²) in [6.45, 7) is 0. The van der Waals surface area contributed by atoms with Gasteiger partial charge in [-0.3, -0.25) is 4.79 Å². The molecule has 5 nitrogen and oxygen atoms in total. The van der Waals surface area contributed by atoms with Crippen LogP contribution in [0.25, 0.3) is 20.8 Å². The van der Waals surface area contributed by atoms with Gasteiger partial charge in [0.2, 0.25) is 5.91 Å². The maximum atomic E-state index is 12.8. The van der Waals surface area contributed by atoms with Crippen LogP contribution in [0.5, 0.6) is 0 Å². The fourth-order valence-electron chi connectivity index (χ4n) is 4.40. The Kier molecular flexibility index (Phi) is 6.81. The highest BCUT2D eigenvalue weighted by atomic mass is 32.2. The molecule has 176 valence electrons. The molecule has 2 aromatic carbocycles. The van der Waals surface area contributed by atoms with Gasteiger partial charge in [-0.1, -0.05) is 42.5 Å². The Balaban J connectivity index is 1.29. The van der Waals surface area contributed by atoms with Crippen LogP contribution in [-0.2, 0) is 33.2 Å². The predicted octanol–water partition coefficient (Wildman–Crippen LogP) is 6.24. The third-order valence-corrected chi connectivity index (χ3v) is 9.97. The molecule has 0 saturated carbocycles. The summed E-state index contributed by atoms with van der Waals surface area (Å²) in [7, 11) is -3.26. The average molecular weight is 511 g/mol. The van der Waals surface area contributed by atoms with Gasteiger partial charge >= 0.3 is 0 Å². The van der Waals surface area contributed by atoms with E-state index in [1.807, 2.05) is 48.5 Å². The van der Waals surface area contributed by atoms with Gasteiger partial charge in [0.05, 0.1) is 21.7 Å². The molecular weight excluding hydrogens is 484 g/mol. The second-order valence-electron chi connectivity index (χ2n) is 8.63. The zero-order valence-electron chi connectivity index (χ0n) is 18.7. The van der Waals surface area contributed by atoms with Crippen LogP contribution in [0, 0.1) is 0 Å². The minimum atomic E-state index is -3.26. The van der Waals surface area contributed by atoms with Gasteiger partial charge in [-0.2, -0.15) is 0 Å². The van der Waals surface area contributed by atoms with Crippen LogP contribution in [0.1, 0.15) is 41.7 Å². The van der Waals surface area contributed by atoms with Crippen LogP contribution in [0.2, 0.25) is 0 Å². The minimum Gasteiger partial charge on any atom is -0.317 e. The third kappa shape index (κ3) is 5.24. The number of carbonyl (C=O) groups is 1. The maximum Gasteiger partial charge on any atom is 0.225 e. The summed E-state index contributed by atoms with van der Waals surface area (Å²) in [5.74, 6) is -0.133. The molecular formula is C26H26N2O3S3. The number of benzene rings is 2. The zero-order chi connectivity index (χ0) is 23.5. The van der Waals surface area contributed by atoms with E-state index in [0.29, 0.717) is 6.42 Å². The SMILES string of the molecule is O=C(CCCS(=O)(=O)Cc1ccccc1)Nc1sc2c(c1-c1nc3ccccc3s1)CCCC2. The van der Waals surface area contributed by atoms with Crippen LogP contribution in [0.15, 0.2) is 54.6 Å². The largest absolute Gasteiger partial charge is 0.317 e. The number of para-hydroxylation sites is 1. The first-order valence-corrected chi connectivity index (χ1v) is 15.0. The van der Waals surface area contributed by atoms with Gasteiger partial charge < -0.3 is 5.32 Å². The maximum absolute atomic E-state index is 12.8. The van der Waals surface area contributed by atoms with E-state index in [2.05, 4.69) is 11.4 Å². The summed E-state index contributed by atoms with van der Waals surface area (Å²) < 4.78 is 26.1. The lowest BCUT2D eigenvalue weighted by Crippen LogP contribution is -2.15. The molecule has 8 heteroatoms. The van der Waals surface area contributed by atoms with Crippen molar-refractivity contribution in [3.05, 3.63) is 70.6 Å². The van der Waals surface area contributed by atoms with Gasteiger partial charge in [-0.15, -0.1) is 22.7 Å². The first kappa shape index (κ1) is 23.2. The molecule has 4 aromatic rings. The van der Waals surface area contributed by atoms with Crippen molar-refractivity contribution < 1.29 is 13.2 Å². The van der Waals surface area contributed by atoms with Crippen molar-refractivity contribution in [2.24, 2.45) is 0 Å². The van der Waals surface area contributed by atoms with Crippen molar-refractivity contribution in [1.82, 2.24) is 4.98 Å². The lowest BCUT2D eigenvalue weighted by atomic mass is 9.96. The third-order valence-electron chi connectivity index (χ3n) is 6.02. The lowest BCUT2D eigenvalue weighted by Gasteiger charge is -2.11. The standard InChI is InChI=1S/C26H26N2O3S3/c29-23(15-8-16-34(30,31)17-18-9-2-1-3-10-18)28-26-24(19-11-4-6-13-21(19)32-26)25-27-20-12-5-7-14-22(20)33-25/h1-3,5,7,9-10,12,14H,4,6,8,11,13,15-17H2,(H,28,29). The number of aromatic nitrogens is 1. The van der Waals surface area contributed by atoms with E-state index in [0.717, 1.165) is 50.6 Å². The number of carbonyl (C=O) groups excluding carboxylic acids is 1. The number of amides is 1. The molecule has 1 aliphatic carbocycles. The van der Waals surface area contributed by atoms with Crippen molar-refractivity contribution >= 4 is 53.6 Å². The molecule has 0 fully saturated rings. The fourth-order valence-corrected chi connectivity index (χ4v) is 8.25. The monoisotopic (exact) mass is 510 g/mol. The fraction of sp³-hybridized carbons (Fsp3) is 0.308. The number of nitrogens with zero attached hydrogens (tertiary/aromatic N) is 1. The molecule has 0 aliphatic heterocycles.